The van der Waals surface area contributed by atoms with Gasteiger partial charge in [-0.1, -0.05) is 0 Å². The minimum atomic E-state index is -5.19. The van der Waals surface area contributed by atoms with E-state index in [1.54, 1.807) is 0 Å². The summed E-state index contributed by atoms with van der Waals surface area (Å²) in [5.41, 5.74) is 0. The monoisotopic (exact) mass is 276 g/mol. The topological polar surface area (TPSA) is 185 Å². The number of aliphatic hydroxyl groups excluding tert-OH is 5. The standard InChI is InChI=1S/C6H13O10P/c7-1-2(8)3(9)4(10)5(11)6(12)16-17(13,14)15/h2-5,7-11H,1H2,(H2,13,14,15)/t2-,3-,4-,5+/m1/s1. The fourth-order valence-corrected chi connectivity index (χ4v) is 1.18. The Hall–Kier alpha value is -0.580. The zero-order chi connectivity index (χ0) is 13.8. The normalized spacial score (nSPS) is 19.2. The molecule has 11 heteroatoms. The van der Waals surface area contributed by atoms with Crippen LogP contribution in [0.5, 0.6) is 0 Å². The molecule has 0 unspecified atom stereocenters. The van der Waals surface area contributed by atoms with Gasteiger partial charge in [-0.15, -0.1) is 0 Å². The van der Waals surface area contributed by atoms with Crippen LogP contribution in [0.25, 0.3) is 0 Å². The minimum Gasteiger partial charge on any atom is -0.394 e. The van der Waals surface area contributed by atoms with E-state index in [2.05, 4.69) is 4.52 Å². The number of carbonyl (C=O) groups is 1. The molecule has 17 heavy (non-hydrogen) atoms. The van der Waals surface area contributed by atoms with Crippen molar-refractivity contribution in [3.8, 4) is 0 Å². The van der Waals surface area contributed by atoms with Crippen molar-refractivity contribution < 1.29 is 49.2 Å². The maximum Gasteiger partial charge on any atom is 0.527 e. The SMILES string of the molecule is O=C(OP(=O)(O)O)[C@@H](O)[C@H](O)[C@H](O)[C@H](O)CO. The first-order valence-corrected chi connectivity index (χ1v) is 5.75. The van der Waals surface area contributed by atoms with Crippen LogP contribution in [-0.4, -0.2) is 72.3 Å². The van der Waals surface area contributed by atoms with Gasteiger partial charge in [-0.2, -0.15) is 0 Å². The van der Waals surface area contributed by atoms with Crippen molar-refractivity contribution in [1.82, 2.24) is 0 Å². The molecule has 0 aromatic rings. The molecule has 4 atom stereocenters. The fraction of sp³-hybridized carbons (Fsp3) is 0.833. The van der Waals surface area contributed by atoms with Crippen molar-refractivity contribution >= 4 is 13.8 Å². The van der Waals surface area contributed by atoms with E-state index < -0.39 is 44.8 Å². The van der Waals surface area contributed by atoms with Gasteiger partial charge in [0.15, 0.2) is 6.10 Å². The summed E-state index contributed by atoms with van der Waals surface area (Å²) in [6.45, 7) is -0.960. The molecular formula is C6H13O10P. The van der Waals surface area contributed by atoms with Gasteiger partial charge in [-0.3, -0.25) is 9.79 Å². The summed E-state index contributed by atoms with van der Waals surface area (Å²) in [4.78, 5) is 27.3. The van der Waals surface area contributed by atoms with E-state index in [-0.39, 0.29) is 0 Å². The van der Waals surface area contributed by atoms with Crippen LogP contribution in [0.3, 0.4) is 0 Å². The Labute approximate surface area is 94.9 Å². The van der Waals surface area contributed by atoms with E-state index in [4.69, 9.17) is 35.3 Å². The van der Waals surface area contributed by atoms with Crippen LogP contribution in [0.1, 0.15) is 0 Å². The second-order valence-electron chi connectivity index (χ2n) is 3.08. The summed E-state index contributed by atoms with van der Waals surface area (Å²) in [5, 5.41) is 44.6. The van der Waals surface area contributed by atoms with Crippen molar-refractivity contribution in [3.05, 3.63) is 0 Å². The van der Waals surface area contributed by atoms with E-state index in [0.717, 1.165) is 0 Å². The molecule has 0 aromatic heterocycles. The highest BCUT2D eigenvalue weighted by Gasteiger charge is 2.37. The Morgan fingerprint density at radius 2 is 1.59 bits per heavy atom. The fourth-order valence-electron chi connectivity index (χ4n) is 0.833. The number of aliphatic hydroxyl groups is 5. The molecule has 102 valence electrons. The van der Waals surface area contributed by atoms with E-state index in [1.807, 2.05) is 0 Å². The lowest BCUT2D eigenvalue weighted by molar-refractivity contribution is -0.162. The van der Waals surface area contributed by atoms with Gasteiger partial charge in [0.1, 0.15) is 18.3 Å². The third kappa shape index (κ3) is 5.52. The first kappa shape index (κ1) is 16.4. The lowest BCUT2D eigenvalue weighted by Crippen LogP contribution is -2.48. The molecule has 0 aliphatic heterocycles. The lowest BCUT2D eigenvalue weighted by atomic mass is 10.0. The highest BCUT2D eigenvalue weighted by atomic mass is 31.2. The minimum absolute atomic E-state index is 0.960. The van der Waals surface area contributed by atoms with E-state index in [1.165, 1.54) is 0 Å². The van der Waals surface area contributed by atoms with Crippen molar-refractivity contribution in [2.45, 2.75) is 24.4 Å². The second-order valence-corrected chi connectivity index (χ2v) is 4.24. The summed E-state index contributed by atoms with van der Waals surface area (Å²) in [7, 11) is -5.19. The zero-order valence-corrected chi connectivity index (χ0v) is 9.21. The van der Waals surface area contributed by atoms with Gasteiger partial charge in [0.25, 0.3) is 0 Å². The quantitative estimate of drug-likeness (QED) is 0.236. The van der Waals surface area contributed by atoms with Crippen LogP contribution in [0.2, 0.25) is 0 Å². The van der Waals surface area contributed by atoms with Gasteiger partial charge >= 0.3 is 13.8 Å². The van der Waals surface area contributed by atoms with Gasteiger partial charge < -0.3 is 30.1 Å². The van der Waals surface area contributed by atoms with Crippen molar-refractivity contribution in [1.29, 1.82) is 0 Å². The van der Waals surface area contributed by atoms with Gasteiger partial charge in [0, 0.05) is 0 Å². The molecule has 0 bridgehead atoms. The molecule has 0 aliphatic rings. The van der Waals surface area contributed by atoms with Crippen LogP contribution in [0, 0.1) is 0 Å². The number of hydrogen-bond acceptors (Lipinski definition) is 8. The first-order chi connectivity index (χ1) is 7.60. The van der Waals surface area contributed by atoms with Crippen molar-refractivity contribution in [2.75, 3.05) is 6.61 Å². The summed E-state index contributed by atoms with van der Waals surface area (Å²) in [6, 6.07) is 0. The van der Waals surface area contributed by atoms with E-state index in [0.29, 0.717) is 0 Å². The van der Waals surface area contributed by atoms with Gasteiger partial charge in [0.2, 0.25) is 0 Å². The van der Waals surface area contributed by atoms with Crippen LogP contribution < -0.4 is 0 Å². The molecule has 0 amide bonds. The number of carbonyl (C=O) groups excluding carboxylic acids is 1. The van der Waals surface area contributed by atoms with Crippen LogP contribution in [0.15, 0.2) is 0 Å². The Balaban J connectivity index is 4.54. The molecule has 0 heterocycles. The molecule has 0 aromatic carbocycles. The second kappa shape index (κ2) is 6.38. The molecular weight excluding hydrogens is 263 g/mol. The van der Waals surface area contributed by atoms with Crippen LogP contribution in [-0.2, 0) is 13.9 Å². The highest BCUT2D eigenvalue weighted by Crippen LogP contribution is 2.36. The molecule has 0 aliphatic carbocycles. The Bertz CT molecular complexity index is 299. The predicted molar refractivity (Wildman–Crippen MR) is 49.2 cm³/mol. The molecule has 0 fully saturated rings. The smallest absolute Gasteiger partial charge is 0.394 e. The molecule has 0 spiro atoms. The summed E-state index contributed by atoms with van der Waals surface area (Å²) >= 11 is 0. The maximum absolute atomic E-state index is 10.8. The Kier molecular flexibility index (Phi) is 6.16. The van der Waals surface area contributed by atoms with Crippen LogP contribution in [0.4, 0.5) is 0 Å². The summed E-state index contributed by atoms with van der Waals surface area (Å²) in [5.74, 6) is -1.88. The third-order valence-electron chi connectivity index (χ3n) is 1.71. The molecule has 0 radical (unpaired) electrons. The number of rotatable bonds is 6. The van der Waals surface area contributed by atoms with Crippen molar-refractivity contribution in [2.24, 2.45) is 0 Å². The van der Waals surface area contributed by atoms with Crippen molar-refractivity contribution in [3.63, 3.8) is 0 Å². The molecule has 10 nitrogen and oxygen atoms in total. The van der Waals surface area contributed by atoms with Gasteiger partial charge in [-0.25, -0.2) is 9.36 Å². The third-order valence-corrected chi connectivity index (χ3v) is 2.12. The molecule has 0 saturated carbocycles. The summed E-state index contributed by atoms with van der Waals surface area (Å²) in [6.07, 6.45) is -8.71. The number of phosphoric acid groups is 1. The highest BCUT2D eigenvalue weighted by molar-refractivity contribution is 7.46. The average molecular weight is 276 g/mol. The molecule has 7 N–H and O–H groups in total. The van der Waals surface area contributed by atoms with Gasteiger partial charge in [0.05, 0.1) is 6.61 Å². The maximum atomic E-state index is 10.8. The van der Waals surface area contributed by atoms with Crippen LogP contribution >= 0.6 is 7.82 Å². The summed E-state index contributed by atoms with van der Waals surface area (Å²) < 4.78 is 13.7. The Morgan fingerprint density at radius 1 is 1.12 bits per heavy atom. The number of hydrogen-bond donors (Lipinski definition) is 7. The van der Waals surface area contributed by atoms with E-state index in [9.17, 15) is 9.36 Å². The number of phosphoric ester groups is 1. The average Bonchev–Trinajstić information content (AvgIpc) is 2.22. The lowest BCUT2D eigenvalue weighted by Gasteiger charge is -2.24. The van der Waals surface area contributed by atoms with Gasteiger partial charge in [-0.05, 0) is 0 Å². The first-order valence-electron chi connectivity index (χ1n) is 4.22. The predicted octanol–water partition coefficient (Wildman–Crippen LogP) is -3.94. The largest absolute Gasteiger partial charge is 0.527 e. The Morgan fingerprint density at radius 3 is 1.94 bits per heavy atom. The molecule has 0 saturated heterocycles. The zero-order valence-electron chi connectivity index (χ0n) is 8.32. The van der Waals surface area contributed by atoms with E-state index >= 15 is 0 Å². The molecule has 0 rings (SSSR count).